The maximum Gasteiger partial charge on any atom is 0.155 e. The van der Waals surface area contributed by atoms with Gasteiger partial charge in [0.15, 0.2) is 5.65 Å². The molecule has 4 nitrogen and oxygen atoms in total. The number of hydrogen-bond donors (Lipinski definition) is 0. The van der Waals surface area contributed by atoms with Gasteiger partial charge in [-0.3, -0.25) is 0 Å². The van der Waals surface area contributed by atoms with Crippen molar-refractivity contribution in [2.24, 2.45) is 0 Å². The molecule has 2 heterocycles. The van der Waals surface area contributed by atoms with E-state index in [1.807, 2.05) is 26.0 Å². The largest absolute Gasteiger partial charge is 0.235 e. The first kappa shape index (κ1) is 14.0. The van der Waals surface area contributed by atoms with Gasteiger partial charge in [-0.1, -0.05) is 37.6 Å². The number of hydrogen-bond acceptors (Lipinski definition) is 3. The van der Waals surface area contributed by atoms with Crippen LogP contribution in [0.4, 0.5) is 0 Å². The van der Waals surface area contributed by atoms with E-state index in [-0.39, 0.29) is 0 Å². The Bertz CT molecular complexity index is 754. The summed E-state index contributed by atoms with van der Waals surface area (Å²) in [5, 5.41) is 13.5. The van der Waals surface area contributed by atoms with Crippen LogP contribution in [-0.4, -0.2) is 14.6 Å². The number of rotatable bonds is 1. The van der Waals surface area contributed by atoms with E-state index < -0.39 is 0 Å². The van der Waals surface area contributed by atoms with E-state index in [4.69, 9.17) is 16.9 Å². The molecule has 0 aliphatic carbocycles. The van der Waals surface area contributed by atoms with Crippen LogP contribution in [0.1, 0.15) is 19.4 Å². The van der Waals surface area contributed by atoms with Crippen molar-refractivity contribution in [3.8, 4) is 17.3 Å². The molecule has 0 aliphatic heterocycles. The van der Waals surface area contributed by atoms with Crippen LogP contribution in [0, 0.1) is 11.3 Å². The van der Waals surface area contributed by atoms with Crippen molar-refractivity contribution in [2.45, 2.75) is 13.8 Å². The maximum absolute atomic E-state index is 8.77. The van der Waals surface area contributed by atoms with Crippen LogP contribution in [-0.2, 0) is 0 Å². The number of benzene rings is 1. The summed E-state index contributed by atoms with van der Waals surface area (Å²) < 4.78 is 1.72. The first-order valence-corrected chi connectivity index (χ1v) is 6.65. The van der Waals surface area contributed by atoms with E-state index in [1.165, 1.54) is 0 Å². The SMILES string of the molecule is CC.N#Cc1ccc(-c2cnc3cc(Cl)cnn23)cc1. The van der Waals surface area contributed by atoms with Crippen LogP contribution >= 0.6 is 11.6 Å². The molecule has 1 aromatic carbocycles. The molecule has 0 saturated heterocycles. The number of aromatic nitrogens is 3. The molecule has 0 saturated carbocycles. The summed E-state index contributed by atoms with van der Waals surface area (Å²) in [6, 6.07) is 11.1. The van der Waals surface area contributed by atoms with Crippen molar-refractivity contribution in [3.05, 3.63) is 53.3 Å². The van der Waals surface area contributed by atoms with Crippen molar-refractivity contribution in [1.82, 2.24) is 14.6 Å². The Morgan fingerprint density at radius 1 is 1.15 bits per heavy atom. The molecule has 100 valence electrons. The Morgan fingerprint density at radius 2 is 1.85 bits per heavy atom. The maximum atomic E-state index is 8.77. The smallest absolute Gasteiger partial charge is 0.155 e. The van der Waals surface area contributed by atoms with Gasteiger partial charge in [-0.2, -0.15) is 10.4 Å². The molecule has 2 aromatic heterocycles. The van der Waals surface area contributed by atoms with Gasteiger partial charge in [0.1, 0.15) is 0 Å². The zero-order valence-corrected chi connectivity index (χ0v) is 12.0. The Labute approximate surface area is 122 Å². The summed E-state index contributed by atoms with van der Waals surface area (Å²) in [7, 11) is 0. The van der Waals surface area contributed by atoms with Gasteiger partial charge in [-0.15, -0.1) is 0 Å². The lowest BCUT2D eigenvalue weighted by atomic mass is 10.1. The predicted octanol–water partition coefficient (Wildman–Crippen LogP) is 3.95. The number of imidazole rings is 1. The lowest BCUT2D eigenvalue weighted by Crippen LogP contribution is -1.93. The minimum atomic E-state index is 0.555. The standard InChI is InChI=1S/C13H7ClN4.C2H6/c14-11-5-13-16-8-12(18(13)17-7-11)10-3-1-9(6-15)2-4-10;1-2/h1-5,7-8H;1-2H3. The van der Waals surface area contributed by atoms with E-state index >= 15 is 0 Å². The molecular formula is C15H13ClN4. The third-order valence-corrected chi connectivity index (χ3v) is 2.84. The molecule has 0 fully saturated rings. The fourth-order valence-corrected chi connectivity index (χ4v) is 1.91. The molecular weight excluding hydrogens is 272 g/mol. The van der Waals surface area contributed by atoms with Crippen LogP contribution < -0.4 is 0 Å². The Morgan fingerprint density at radius 3 is 2.50 bits per heavy atom. The van der Waals surface area contributed by atoms with E-state index in [2.05, 4.69) is 16.2 Å². The Kier molecular flexibility index (Phi) is 4.34. The summed E-state index contributed by atoms with van der Waals surface area (Å²) in [5.41, 5.74) is 3.15. The second-order valence-corrected chi connectivity index (χ2v) is 4.21. The molecule has 3 aromatic rings. The van der Waals surface area contributed by atoms with Gasteiger partial charge in [0, 0.05) is 11.6 Å². The number of halogens is 1. The highest BCUT2D eigenvalue weighted by Gasteiger charge is 2.07. The monoisotopic (exact) mass is 284 g/mol. The van der Waals surface area contributed by atoms with Crippen molar-refractivity contribution in [3.63, 3.8) is 0 Å². The zero-order chi connectivity index (χ0) is 14.5. The molecule has 0 unspecified atom stereocenters. The molecule has 0 bridgehead atoms. The van der Waals surface area contributed by atoms with E-state index in [1.54, 1.807) is 35.1 Å². The molecule has 20 heavy (non-hydrogen) atoms. The van der Waals surface area contributed by atoms with E-state index in [9.17, 15) is 0 Å². The molecule has 0 radical (unpaired) electrons. The molecule has 0 aliphatic rings. The fourth-order valence-electron chi connectivity index (χ4n) is 1.77. The number of fused-ring (bicyclic) bond motifs is 1. The van der Waals surface area contributed by atoms with Gasteiger partial charge >= 0.3 is 0 Å². The van der Waals surface area contributed by atoms with Gasteiger partial charge in [0.05, 0.1) is 34.7 Å². The topological polar surface area (TPSA) is 54.0 Å². The molecule has 3 rings (SSSR count). The number of nitrogens with zero attached hydrogens (tertiary/aromatic N) is 4. The van der Waals surface area contributed by atoms with Crippen LogP contribution in [0.3, 0.4) is 0 Å². The predicted molar refractivity (Wildman–Crippen MR) is 79.5 cm³/mol. The fraction of sp³-hybridized carbons (Fsp3) is 0.133. The van der Waals surface area contributed by atoms with Gasteiger partial charge in [-0.25, -0.2) is 9.50 Å². The van der Waals surface area contributed by atoms with Crippen LogP contribution in [0.15, 0.2) is 42.7 Å². The molecule has 0 spiro atoms. The highest BCUT2D eigenvalue weighted by Crippen LogP contribution is 2.21. The average molecular weight is 285 g/mol. The molecule has 5 heteroatoms. The van der Waals surface area contributed by atoms with Crippen molar-refractivity contribution < 1.29 is 0 Å². The highest BCUT2D eigenvalue weighted by molar-refractivity contribution is 6.30. The average Bonchev–Trinajstić information content (AvgIpc) is 2.92. The van der Waals surface area contributed by atoms with Gasteiger partial charge in [-0.05, 0) is 12.1 Å². The van der Waals surface area contributed by atoms with Crippen LogP contribution in [0.5, 0.6) is 0 Å². The lowest BCUT2D eigenvalue weighted by Gasteiger charge is -2.00. The quantitative estimate of drug-likeness (QED) is 0.680. The van der Waals surface area contributed by atoms with E-state index in [0.29, 0.717) is 16.2 Å². The van der Waals surface area contributed by atoms with Crippen molar-refractivity contribution in [1.29, 1.82) is 5.26 Å². The Balaban J connectivity index is 0.000000704. The second kappa shape index (κ2) is 6.18. The molecule has 0 atom stereocenters. The van der Waals surface area contributed by atoms with Crippen molar-refractivity contribution >= 4 is 17.2 Å². The van der Waals surface area contributed by atoms with Gasteiger partial charge in [0.25, 0.3) is 0 Å². The summed E-state index contributed by atoms with van der Waals surface area (Å²) in [4.78, 5) is 4.25. The second-order valence-electron chi connectivity index (χ2n) is 3.78. The Hall–Kier alpha value is -2.38. The van der Waals surface area contributed by atoms with Crippen LogP contribution in [0.2, 0.25) is 5.02 Å². The third-order valence-electron chi connectivity index (χ3n) is 2.64. The summed E-state index contributed by atoms with van der Waals surface area (Å²) >= 11 is 5.86. The normalized spacial score (nSPS) is 9.70. The third kappa shape index (κ3) is 2.63. The van der Waals surface area contributed by atoms with E-state index in [0.717, 1.165) is 11.3 Å². The minimum absolute atomic E-state index is 0.555. The van der Waals surface area contributed by atoms with Gasteiger partial charge in [0.2, 0.25) is 0 Å². The first-order valence-electron chi connectivity index (χ1n) is 6.28. The lowest BCUT2D eigenvalue weighted by molar-refractivity contribution is 0.943. The summed E-state index contributed by atoms with van der Waals surface area (Å²) in [5.74, 6) is 0. The number of nitriles is 1. The molecule has 0 N–H and O–H groups in total. The summed E-state index contributed by atoms with van der Waals surface area (Å²) in [6.45, 7) is 4.00. The summed E-state index contributed by atoms with van der Waals surface area (Å²) in [6.07, 6.45) is 3.31. The first-order chi connectivity index (χ1) is 9.78. The highest BCUT2D eigenvalue weighted by atomic mass is 35.5. The minimum Gasteiger partial charge on any atom is -0.235 e. The zero-order valence-electron chi connectivity index (χ0n) is 11.2. The van der Waals surface area contributed by atoms with Crippen molar-refractivity contribution in [2.75, 3.05) is 0 Å². The van der Waals surface area contributed by atoms with Gasteiger partial charge < -0.3 is 0 Å². The van der Waals surface area contributed by atoms with Crippen LogP contribution in [0.25, 0.3) is 16.9 Å². The molecule has 0 amide bonds.